The summed E-state index contributed by atoms with van der Waals surface area (Å²) >= 11 is 3.34. The molecule has 1 amide bonds. The second kappa shape index (κ2) is 6.04. The maximum Gasteiger partial charge on any atom is 0.326 e. The Morgan fingerprint density at radius 2 is 2.20 bits per heavy atom. The number of rotatable bonds is 4. The van der Waals surface area contributed by atoms with Crippen molar-refractivity contribution in [3.05, 3.63) is 28.2 Å². The van der Waals surface area contributed by atoms with Crippen LogP contribution in [0.3, 0.4) is 0 Å². The molecule has 1 aromatic carbocycles. The summed E-state index contributed by atoms with van der Waals surface area (Å²) in [6.45, 7) is 1.84. The van der Waals surface area contributed by atoms with Crippen LogP contribution in [0.15, 0.2) is 27.8 Å². The highest BCUT2D eigenvalue weighted by atomic mass is 79.9. The van der Waals surface area contributed by atoms with E-state index in [4.69, 9.17) is 9.57 Å². The summed E-state index contributed by atoms with van der Waals surface area (Å²) in [5, 5.41) is 3.74. The maximum absolute atomic E-state index is 12.3. The number of oxime groups is 1. The van der Waals surface area contributed by atoms with Gasteiger partial charge in [0.2, 0.25) is 0 Å². The van der Waals surface area contributed by atoms with Crippen LogP contribution in [0.5, 0.6) is 0 Å². The lowest BCUT2D eigenvalue weighted by Gasteiger charge is -2.15. The summed E-state index contributed by atoms with van der Waals surface area (Å²) < 4.78 is 5.68. The van der Waals surface area contributed by atoms with E-state index in [9.17, 15) is 9.59 Å². The third-order valence-corrected chi connectivity index (χ3v) is 3.22. The van der Waals surface area contributed by atoms with Crippen LogP contribution in [0.1, 0.15) is 12.5 Å². The molecule has 106 valence electrons. The Morgan fingerprint density at radius 3 is 2.85 bits per heavy atom. The first-order valence-corrected chi connectivity index (χ1v) is 6.76. The molecule has 1 aliphatic rings. The minimum absolute atomic E-state index is 0.149. The normalized spacial score (nSPS) is 15.4. The molecule has 0 bridgehead atoms. The fraction of sp³-hybridized carbons (Fsp3) is 0.308. The number of anilines is 1. The highest BCUT2D eigenvalue weighted by Crippen LogP contribution is 2.31. The molecule has 0 aromatic heterocycles. The Kier molecular flexibility index (Phi) is 4.39. The SMILES string of the molecule is CCOC(=O)CN1C(=O)C(=NOC)c2cc(Br)ccc21. The fourth-order valence-corrected chi connectivity index (χ4v) is 2.32. The topological polar surface area (TPSA) is 68.2 Å². The van der Waals surface area contributed by atoms with Crippen LogP contribution in [0.2, 0.25) is 0 Å². The third kappa shape index (κ3) is 2.67. The number of benzene rings is 1. The van der Waals surface area contributed by atoms with Gasteiger partial charge >= 0.3 is 5.97 Å². The van der Waals surface area contributed by atoms with Crippen LogP contribution in [-0.4, -0.2) is 37.8 Å². The summed E-state index contributed by atoms with van der Waals surface area (Å²) in [7, 11) is 1.37. The lowest BCUT2D eigenvalue weighted by Crippen LogP contribution is -2.35. The van der Waals surface area contributed by atoms with Crippen LogP contribution < -0.4 is 4.90 Å². The van der Waals surface area contributed by atoms with E-state index < -0.39 is 5.97 Å². The van der Waals surface area contributed by atoms with E-state index in [1.807, 2.05) is 0 Å². The van der Waals surface area contributed by atoms with Crippen LogP contribution >= 0.6 is 15.9 Å². The first-order valence-electron chi connectivity index (χ1n) is 5.97. The number of amides is 1. The van der Waals surface area contributed by atoms with Gasteiger partial charge in [0.1, 0.15) is 13.7 Å². The zero-order valence-electron chi connectivity index (χ0n) is 11.1. The monoisotopic (exact) mass is 340 g/mol. The summed E-state index contributed by atoms with van der Waals surface area (Å²) in [4.78, 5) is 29.9. The number of hydrogen-bond acceptors (Lipinski definition) is 5. The molecule has 0 N–H and O–H groups in total. The molecule has 0 radical (unpaired) electrons. The molecule has 7 heteroatoms. The molecular weight excluding hydrogens is 328 g/mol. The molecule has 1 aliphatic heterocycles. The fourth-order valence-electron chi connectivity index (χ4n) is 1.96. The van der Waals surface area contributed by atoms with Crippen molar-refractivity contribution in [1.82, 2.24) is 0 Å². The van der Waals surface area contributed by atoms with Crippen molar-refractivity contribution in [3.8, 4) is 0 Å². The molecule has 0 spiro atoms. The van der Waals surface area contributed by atoms with E-state index in [0.717, 1.165) is 4.47 Å². The highest BCUT2D eigenvalue weighted by molar-refractivity contribution is 9.10. The lowest BCUT2D eigenvalue weighted by atomic mass is 10.1. The van der Waals surface area contributed by atoms with Crippen LogP contribution in [-0.2, 0) is 19.2 Å². The Morgan fingerprint density at radius 1 is 1.45 bits per heavy atom. The lowest BCUT2D eigenvalue weighted by molar-refractivity contribution is -0.142. The maximum atomic E-state index is 12.3. The van der Waals surface area contributed by atoms with Gasteiger partial charge < -0.3 is 9.57 Å². The highest BCUT2D eigenvalue weighted by Gasteiger charge is 2.36. The van der Waals surface area contributed by atoms with Crippen molar-refractivity contribution < 1.29 is 19.2 Å². The van der Waals surface area contributed by atoms with Gasteiger partial charge in [0.05, 0.1) is 12.3 Å². The molecule has 0 saturated heterocycles. The van der Waals surface area contributed by atoms with Gasteiger partial charge in [-0.15, -0.1) is 0 Å². The summed E-state index contributed by atoms with van der Waals surface area (Å²) in [6, 6.07) is 5.30. The first kappa shape index (κ1) is 14.5. The number of carbonyl (C=O) groups excluding carboxylic acids is 2. The Hall–Kier alpha value is -1.89. The molecule has 2 rings (SSSR count). The van der Waals surface area contributed by atoms with Gasteiger partial charge in [0, 0.05) is 10.0 Å². The third-order valence-electron chi connectivity index (χ3n) is 2.73. The Bertz CT molecular complexity index is 586. The van der Waals surface area contributed by atoms with Gasteiger partial charge in [-0.25, -0.2) is 0 Å². The van der Waals surface area contributed by atoms with Crippen LogP contribution in [0.4, 0.5) is 5.69 Å². The molecule has 0 fully saturated rings. The van der Waals surface area contributed by atoms with Gasteiger partial charge in [-0.1, -0.05) is 21.1 Å². The average molecular weight is 341 g/mol. The Labute approximate surface area is 124 Å². The molecular formula is C13H13BrN2O4. The van der Waals surface area contributed by atoms with Crippen molar-refractivity contribution in [2.45, 2.75) is 6.92 Å². The molecule has 0 unspecified atom stereocenters. The van der Waals surface area contributed by atoms with Crippen molar-refractivity contribution in [3.63, 3.8) is 0 Å². The smallest absolute Gasteiger partial charge is 0.326 e. The predicted molar refractivity (Wildman–Crippen MR) is 76.7 cm³/mol. The molecule has 1 aromatic rings. The number of hydrogen-bond donors (Lipinski definition) is 0. The molecule has 20 heavy (non-hydrogen) atoms. The zero-order valence-corrected chi connectivity index (χ0v) is 12.6. The van der Waals surface area contributed by atoms with Crippen molar-refractivity contribution >= 4 is 39.2 Å². The summed E-state index contributed by atoms with van der Waals surface area (Å²) in [5.41, 5.74) is 1.41. The molecule has 0 aliphatic carbocycles. The van der Waals surface area contributed by atoms with Gasteiger partial charge in [0.25, 0.3) is 5.91 Å². The molecule has 6 nitrogen and oxygen atoms in total. The van der Waals surface area contributed by atoms with E-state index in [1.165, 1.54) is 12.0 Å². The zero-order chi connectivity index (χ0) is 14.7. The van der Waals surface area contributed by atoms with Crippen LogP contribution in [0.25, 0.3) is 0 Å². The van der Waals surface area contributed by atoms with Crippen molar-refractivity contribution in [2.75, 3.05) is 25.2 Å². The van der Waals surface area contributed by atoms with Gasteiger partial charge in [0.15, 0.2) is 5.71 Å². The summed E-state index contributed by atoms with van der Waals surface area (Å²) in [5.74, 6) is -0.846. The number of halogens is 1. The van der Waals surface area contributed by atoms with Crippen molar-refractivity contribution in [1.29, 1.82) is 0 Å². The molecule has 0 atom stereocenters. The van der Waals surface area contributed by atoms with Gasteiger partial charge in [-0.3, -0.25) is 14.5 Å². The number of ether oxygens (including phenoxy) is 1. The predicted octanol–water partition coefficient (Wildman–Crippen LogP) is 1.71. The van der Waals surface area contributed by atoms with Crippen LogP contribution in [0, 0.1) is 0 Å². The van der Waals surface area contributed by atoms with E-state index in [2.05, 4.69) is 21.1 Å². The van der Waals surface area contributed by atoms with E-state index >= 15 is 0 Å². The quantitative estimate of drug-likeness (QED) is 0.618. The number of fused-ring (bicyclic) bond motifs is 1. The molecule has 1 heterocycles. The van der Waals surface area contributed by atoms with E-state index in [1.54, 1.807) is 25.1 Å². The van der Waals surface area contributed by atoms with Gasteiger partial charge in [-0.05, 0) is 25.1 Å². The van der Waals surface area contributed by atoms with Gasteiger partial charge in [-0.2, -0.15) is 0 Å². The van der Waals surface area contributed by atoms with E-state index in [-0.39, 0.29) is 24.8 Å². The minimum Gasteiger partial charge on any atom is -0.465 e. The second-order valence-corrected chi connectivity index (χ2v) is 4.90. The van der Waals surface area contributed by atoms with E-state index in [0.29, 0.717) is 11.3 Å². The first-order chi connectivity index (χ1) is 9.58. The van der Waals surface area contributed by atoms with Crippen molar-refractivity contribution in [2.24, 2.45) is 5.16 Å². The Balaban J connectivity index is 2.39. The number of esters is 1. The molecule has 0 saturated carbocycles. The summed E-state index contributed by atoms with van der Waals surface area (Å²) in [6.07, 6.45) is 0. The second-order valence-electron chi connectivity index (χ2n) is 3.98. The average Bonchev–Trinajstić information content (AvgIpc) is 2.65. The largest absolute Gasteiger partial charge is 0.465 e. The number of nitrogens with zero attached hydrogens (tertiary/aromatic N) is 2. The minimum atomic E-state index is -0.464. The standard InChI is InChI=1S/C13H13BrN2O4/c1-3-20-11(17)7-16-10-5-4-8(14)6-9(10)12(13(16)18)15-19-2/h4-6H,3,7H2,1-2H3. The number of carbonyl (C=O) groups is 2.